The zero-order chi connectivity index (χ0) is 21.9. The first kappa shape index (κ1) is 22.5. The minimum Gasteiger partial charge on any atom is -0.462 e. The van der Waals surface area contributed by atoms with Crippen LogP contribution in [0.25, 0.3) is 0 Å². The summed E-state index contributed by atoms with van der Waals surface area (Å²) in [5.41, 5.74) is 1.86. The Labute approximate surface area is 181 Å². The third-order valence-electron chi connectivity index (χ3n) is 4.99. The SMILES string of the molecule is CCOC(=O)c1c(NCC(=O)c2cccc(S(=O)(=O)N(C)C)c2)sc2c1CCCC2. The highest BCUT2D eigenvalue weighted by Gasteiger charge is 2.26. The first-order valence-corrected chi connectivity index (χ1v) is 12.1. The van der Waals surface area contributed by atoms with E-state index in [-0.39, 0.29) is 29.8 Å². The lowest BCUT2D eigenvalue weighted by Gasteiger charge is -2.13. The first-order valence-electron chi connectivity index (χ1n) is 9.87. The number of carbonyl (C=O) groups excluding carboxylic acids is 2. The molecule has 0 aliphatic heterocycles. The number of Topliss-reactive ketones (excluding diaryl/α,β-unsaturated/α-hetero) is 1. The van der Waals surface area contributed by atoms with Crippen molar-refractivity contribution < 1.29 is 22.7 Å². The molecule has 1 N–H and O–H groups in total. The Hall–Kier alpha value is -2.23. The van der Waals surface area contributed by atoms with Gasteiger partial charge in [0.25, 0.3) is 0 Å². The van der Waals surface area contributed by atoms with E-state index < -0.39 is 10.0 Å². The molecule has 1 heterocycles. The number of hydrogen-bond acceptors (Lipinski definition) is 7. The van der Waals surface area contributed by atoms with Crippen LogP contribution in [0, 0.1) is 0 Å². The molecule has 1 aliphatic rings. The van der Waals surface area contributed by atoms with E-state index in [0.717, 1.165) is 35.6 Å². The molecule has 0 radical (unpaired) electrons. The molecule has 1 aromatic heterocycles. The summed E-state index contributed by atoms with van der Waals surface area (Å²) < 4.78 is 31.0. The number of hydrogen-bond donors (Lipinski definition) is 1. The third kappa shape index (κ3) is 4.58. The predicted octanol–water partition coefficient (Wildman–Crippen LogP) is 3.35. The Kier molecular flexibility index (Phi) is 6.95. The van der Waals surface area contributed by atoms with Crippen molar-refractivity contribution in [3.63, 3.8) is 0 Å². The van der Waals surface area contributed by atoms with Gasteiger partial charge >= 0.3 is 5.97 Å². The predicted molar refractivity (Wildman–Crippen MR) is 117 cm³/mol. The van der Waals surface area contributed by atoms with Crippen molar-refractivity contribution in [2.24, 2.45) is 0 Å². The third-order valence-corrected chi connectivity index (χ3v) is 8.06. The normalized spacial score (nSPS) is 13.7. The smallest absolute Gasteiger partial charge is 0.341 e. The number of carbonyl (C=O) groups is 2. The molecule has 0 spiro atoms. The van der Waals surface area contributed by atoms with Gasteiger partial charge in [0.15, 0.2) is 5.78 Å². The van der Waals surface area contributed by atoms with Crippen LogP contribution < -0.4 is 5.32 Å². The molecule has 162 valence electrons. The number of fused-ring (bicyclic) bond motifs is 1. The van der Waals surface area contributed by atoms with Crippen LogP contribution in [0.3, 0.4) is 0 Å². The van der Waals surface area contributed by atoms with Gasteiger partial charge in [-0.3, -0.25) is 4.79 Å². The molecule has 0 bridgehead atoms. The number of thiophene rings is 1. The molecule has 0 fully saturated rings. The van der Waals surface area contributed by atoms with E-state index in [0.29, 0.717) is 16.1 Å². The van der Waals surface area contributed by atoms with E-state index in [9.17, 15) is 18.0 Å². The highest BCUT2D eigenvalue weighted by molar-refractivity contribution is 7.89. The fraction of sp³-hybridized carbons (Fsp3) is 0.429. The van der Waals surface area contributed by atoms with Crippen molar-refractivity contribution in [1.29, 1.82) is 0 Å². The molecule has 1 aromatic carbocycles. The topological polar surface area (TPSA) is 92.8 Å². The number of nitrogens with one attached hydrogen (secondary N) is 1. The van der Waals surface area contributed by atoms with E-state index >= 15 is 0 Å². The zero-order valence-electron chi connectivity index (χ0n) is 17.4. The summed E-state index contributed by atoms with van der Waals surface area (Å²) in [6.45, 7) is 2.01. The summed E-state index contributed by atoms with van der Waals surface area (Å²) in [5.74, 6) is -0.627. The number of anilines is 1. The molecule has 9 heteroatoms. The summed E-state index contributed by atoms with van der Waals surface area (Å²) in [6.07, 6.45) is 3.87. The maximum Gasteiger partial charge on any atom is 0.341 e. The van der Waals surface area contributed by atoms with Gasteiger partial charge in [-0.05, 0) is 50.3 Å². The summed E-state index contributed by atoms with van der Waals surface area (Å²) in [6, 6.07) is 5.98. The average Bonchev–Trinajstić information content (AvgIpc) is 3.10. The lowest BCUT2D eigenvalue weighted by Crippen LogP contribution is -2.23. The van der Waals surface area contributed by atoms with Crippen molar-refractivity contribution in [3.05, 3.63) is 45.8 Å². The maximum absolute atomic E-state index is 12.7. The standard InChI is InChI=1S/C21H26N2O5S2/c1-4-28-21(25)19-16-10-5-6-11-18(16)29-20(19)22-13-17(24)14-8-7-9-15(12-14)30(26,27)23(2)3/h7-9,12,22H,4-6,10-11,13H2,1-3H3. The van der Waals surface area contributed by atoms with Gasteiger partial charge < -0.3 is 10.1 Å². The quantitative estimate of drug-likeness (QED) is 0.490. The molecule has 2 aromatic rings. The second-order valence-electron chi connectivity index (χ2n) is 7.23. The van der Waals surface area contributed by atoms with Crippen LogP contribution in [0.4, 0.5) is 5.00 Å². The zero-order valence-corrected chi connectivity index (χ0v) is 19.0. The van der Waals surface area contributed by atoms with Gasteiger partial charge in [0.2, 0.25) is 10.0 Å². The van der Waals surface area contributed by atoms with E-state index in [4.69, 9.17) is 4.74 Å². The van der Waals surface area contributed by atoms with Crippen LogP contribution in [0.15, 0.2) is 29.2 Å². The second kappa shape index (κ2) is 9.28. The van der Waals surface area contributed by atoms with Crippen LogP contribution in [0.1, 0.15) is 50.9 Å². The first-order chi connectivity index (χ1) is 14.3. The van der Waals surface area contributed by atoms with E-state index in [2.05, 4.69) is 5.32 Å². The largest absolute Gasteiger partial charge is 0.462 e. The van der Waals surface area contributed by atoms with Crippen LogP contribution in [-0.4, -0.2) is 51.7 Å². The summed E-state index contributed by atoms with van der Waals surface area (Å²) in [5, 5.41) is 3.74. The van der Waals surface area contributed by atoms with Crippen LogP contribution in [-0.2, 0) is 27.6 Å². The minimum absolute atomic E-state index is 0.0444. The average molecular weight is 451 g/mol. The lowest BCUT2D eigenvalue weighted by molar-refractivity contribution is 0.0526. The highest BCUT2D eigenvalue weighted by atomic mass is 32.2. The molecule has 0 saturated heterocycles. The van der Waals surface area contributed by atoms with Gasteiger partial charge in [0.05, 0.1) is 23.6 Å². The van der Waals surface area contributed by atoms with Crippen LogP contribution >= 0.6 is 11.3 Å². The van der Waals surface area contributed by atoms with Gasteiger partial charge in [0.1, 0.15) is 5.00 Å². The van der Waals surface area contributed by atoms with Gasteiger partial charge in [-0.25, -0.2) is 17.5 Å². The van der Waals surface area contributed by atoms with Crippen molar-refractivity contribution in [2.75, 3.05) is 32.6 Å². The summed E-state index contributed by atoms with van der Waals surface area (Å²) in [7, 11) is -0.734. The van der Waals surface area contributed by atoms with Crippen molar-refractivity contribution in [3.8, 4) is 0 Å². The lowest BCUT2D eigenvalue weighted by atomic mass is 9.95. The van der Waals surface area contributed by atoms with E-state index in [1.165, 1.54) is 42.4 Å². The minimum atomic E-state index is -3.62. The molecule has 0 saturated carbocycles. The molecule has 0 amide bonds. The molecule has 0 unspecified atom stereocenters. The summed E-state index contributed by atoms with van der Waals surface area (Å²) in [4.78, 5) is 26.5. The Morgan fingerprint density at radius 1 is 1.20 bits per heavy atom. The van der Waals surface area contributed by atoms with Crippen molar-refractivity contribution in [1.82, 2.24) is 4.31 Å². The van der Waals surface area contributed by atoms with Crippen LogP contribution in [0.5, 0.6) is 0 Å². The fourth-order valence-electron chi connectivity index (χ4n) is 3.41. The van der Waals surface area contributed by atoms with Gasteiger partial charge in [0, 0.05) is 24.5 Å². The molecule has 0 atom stereocenters. The van der Waals surface area contributed by atoms with Crippen molar-refractivity contribution >= 4 is 38.1 Å². The fourth-order valence-corrected chi connectivity index (χ4v) is 5.63. The van der Waals surface area contributed by atoms with Crippen LogP contribution in [0.2, 0.25) is 0 Å². The molecule has 1 aliphatic carbocycles. The second-order valence-corrected chi connectivity index (χ2v) is 10.5. The highest BCUT2D eigenvalue weighted by Crippen LogP contribution is 2.38. The number of ether oxygens (including phenoxy) is 1. The monoisotopic (exact) mass is 450 g/mol. The molecular weight excluding hydrogens is 424 g/mol. The molecular formula is C21H26N2O5S2. The maximum atomic E-state index is 12.7. The Morgan fingerprint density at radius 3 is 2.63 bits per heavy atom. The molecule has 30 heavy (non-hydrogen) atoms. The van der Waals surface area contributed by atoms with Gasteiger partial charge in [-0.15, -0.1) is 11.3 Å². The number of nitrogens with zero attached hydrogens (tertiary/aromatic N) is 1. The van der Waals surface area contributed by atoms with Gasteiger partial charge in [-0.1, -0.05) is 12.1 Å². The number of esters is 1. The number of aryl methyl sites for hydroxylation is 1. The number of ketones is 1. The Balaban J connectivity index is 1.82. The Bertz CT molecular complexity index is 1060. The van der Waals surface area contributed by atoms with Gasteiger partial charge in [-0.2, -0.15) is 0 Å². The molecule has 7 nitrogen and oxygen atoms in total. The van der Waals surface area contributed by atoms with E-state index in [1.807, 2.05) is 0 Å². The van der Waals surface area contributed by atoms with E-state index in [1.54, 1.807) is 19.1 Å². The number of sulfonamides is 1. The number of benzene rings is 1. The molecule has 3 rings (SSSR count). The Morgan fingerprint density at radius 2 is 1.93 bits per heavy atom. The number of rotatable bonds is 8. The summed E-state index contributed by atoms with van der Waals surface area (Å²) >= 11 is 1.50. The van der Waals surface area contributed by atoms with Crippen molar-refractivity contribution in [2.45, 2.75) is 37.5 Å².